The van der Waals surface area contributed by atoms with E-state index >= 15 is 0 Å². The SMILES string of the molecule is C[C@H](Oc1ccc([N+](=O)[O-])cc1)c1cccc(F)c1. The van der Waals surface area contributed by atoms with Gasteiger partial charge in [-0.25, -0.2) is 4.39 Å². The highest BCUT2D eigenvalue weighted by molar-refractivity contribution is 5.36. The van der Waals surface area contributed by atoms with Crippen molar-refractivity contribution in [1.29, 1.82) is 0 Å². The molecule has 1 atom stereocenters. The summed E-state index contributed by atoms with van der Waals surface area (Å²) in [5.41, 5.74) is 0.712. The Hall–Kier alpha value is -2.43. The highest BCUT2D eigenvalue weighted by Crippen LogP contribution is 2.24. The first-order valence-electron chi connectivity index (χ1n) is 5.73. The second-order valence-electron chi connectivity index (χ2n) is 4.07. The van der Waals surface area contributed by atoms with Gasteiger partial charge in [-0.2, -0.15) is 0 Å². The monoisotopic (exact) mass is 261 g/mol. The van der Waals surface area contributed by atoms with Gasteiger partial charge in [0.25, 0.3) is 5.69 Å². The lowest BCUT2D eigenvalue weighted by molar-refractivity contribution is -0.384. The molecule has 0 heterocycles. The average molecular weight is 261 g/mol. The summed E-state index contributed by atoms with van der Waals surface area (Å²) in [6.07, 6.45) is -0.336. The van der Waals surface area contributed by atoms with E-state index in [0.29, 0.717) is 11.3 Å². The summed E-state index contributed by atoms with van der Waals surface area (Å²) in [6.45, 7) is 1.79. The summed E-state index contributed by atoms with van der Waals surface area (Å²) in [4.78, 5) is 10.0. The molecule has 98 valence electrons. The summed E-state index contributed by atoms with van der Waals surface area (Å²) in [5, 5.41) is 10.5. The molecule has 19 heavy (non-hydrogen) atoms. The van der Waals surface area contributed by atoms with E-state index in [0.717, 1.165) is 0 Å². The lowest BCUT2D eigenvalue weighted by atomic mass is 10.1. The Balaban J connectivity index is 2.10. The Morgan fingerprint density at radius 1 is 1.21 bits per heavy atom. The molecular formula is C14H12FNO3. The lowest BCUT2D eigenvalue weighted by Crippen LogP contribution is -2.03. The second-order valence-corrected chi connectivity index (χ2v) is 4.07. The van der Waals surface area contributed by atoms with Crippen LogP contribution in [0.1, 0.15) is 18.6 Å². The van der Waals surface area contributed by atoms with Crippen LogP contribution in [0.15, 0.2) is 48.5 Å². The van der Waals surface area contributed by atoms with Crippen molar-refractivity contribution in [2.75, 3.05) is 0 Å². The van der Waals surface area contributed by atoms with Crippen molar-refractivity contribution in [3.8, 4) is 5.75 Å². The highest BCUT2D eigenvalue weighted by Gasteiger charge is 2.10. The molecular weight excluding hydrogens is 249 g/mol. The van der Waals surface area contributed by atoms with Gasteiger partial charge in [-0.1, -0.05) is 12.1 Å². The minimum absolute atomic E-state index is 0.00533. The Morgan fingerprint density at radius 3 is 2.47 bits per heavy atom. The topological polar surface area (TPSA) is 52.4 Å². The molecule has 0 amide bonds. The summed E-state index contributed by atoms with van der Waals surface area (Å²) >= 11 is 0. The second kappa shape index (κ2) is 5.48. The van der Waals surface area contributed by atoms with Gasteiger partial charge in [-0.05, 0) is 36.8 Å². The standard InChI is InChI=1S/C14H12FNO3/c1-10(11-3-2-4-12(15)9-11)19-14-7-5-13(6-8-14)16(17)18/h2-10H,1H3/t10-/m0/s1. The third-order valence-electron chi connectivity index (χ3n) is 2.68. The van der Waals surface area contributed by atoms with E-state index in [1.807, 2.05) is 0 Å². The summed E-state index contributed by atoms with van der Waals surface area (Å²) < 4.78 is 18.7. The van der Waals surface area contributed by atoms with Crippen LogP contribution in [0, 0.1) is 15.9 Å². The number of nitro groups is 1. The molecule has 0 aliphatic rings. The zero-order valence-corrected chi connectivity index (χ0v) is 10.2. The normalized spacial score (nSPS) is 11.9. The van der Waals surface area contributed by atoms with Gasteiger partial charge in [-0.15, -0.1) is 0 Å². The van der Waals surface area contributed by atoms with Crippen molar-refractivity contribution in [3.05, 3.63) is 70.0 Å². The Morgan fingerprint density at radius 2 is 1.89 bits per heavy atom. The predicted octanol–water partition coefficient (Wildman–Crippen LogP) is 3.87. The first-order chi connectivity index (χ1) is 9.06. The zero-order chi connectivity index (χ0) is 13.8. The van der Waals surface area contributed by atoms with Crippen molar-refractivity contribution in [3.63, 3.8) is 0 Å². The maximum atomic E-state index is 13.1. The third-order valence-corrected chi connectivity index (χ3v) is 2.68. The number of hydrogen-bond donors (Lipinski definition) is 0. The van der Waals surface area contributed by atoms with E-state index in [2.05, 4.69) is 0 Å². The first kappa shape index (κ1) is 13.0. The first-order valence-corrected chi connectivity index (χ1v) is 5.73. The van der Waals surface area contributed by atoms with Gasteiger partial charge in [-0.3, -0.25) is 10.1 Å². The molecule has 0 aromatic heterocycles. The van der Waals surface area contributed by atoms with Crippen LogP contribution in [0.4, 0.5) is 10.1 Å². The van der Waals surface area contributed by atoms with Gasteiger partial charge in [0.2, 0.25) is 0 Å². The van der Waals surface area contributed by atoms with Crippen LogP contribution in [0.5, 0.6) is 5.75 Å². The van der Waals surface area contributed by atoms with E-state index in [4.69, 9.17) is 4.74 Å². The number of hydrogen-bond acceptors (Lipinski definition) is 3. The van der Waals surface area contributed by atoms with Gasteiger partial charge >= 0.3 is 0 Å². The van der Waals surface area contributed by atoms with Gasteiger partial charge in [0.1, 0.15) is 17.7 Å². The molecule has 2 rings (SSSR count). The molecule has 5 heteroatoms. The van der Waals surface area contributed by atoms with Crippen molar-refractivity contribution in [2.45, 2.75) is 13.0 Å². The van der Waals surface area contributed by atoms with Crippen LogP contribution in [-0.4, -0.2) is 4.92 Å². The molecule has 0 spiro atoms. The third kappa shape index (κ3) is 3.28. The molecule has 0 bridgehead atoms. The molecule has 4 nitrogen and oxygen atoms in total. The van der Waals surface area contributed by atoms with E-state index in [1.165, 1.54) is 36.4 Å². The van der Waals surface area contributed by atoms with Crippen LogP contribution in [0.25, 0.3) is 0 Å². The summed E-state index contributed by atoms with van der Waals surface area (Å²) in [5.74, 6) is 0.180. The van der Waals surface area contributed by atoms with Crippen LogP contribution < -0.4 is 4.74 Å². The number of halogens is 1. The van der Waals surface area contributed by atoms with Crippen molar-refractivity contribution >= 4 is 5.69 Å². The van der Waals surface area contributed by atoms with E-state index in [-0.39, 0.29) is 17.6 Å². The average Bonchev–Trinajstić information content (AvgIpc) is 2.39. The fourth-order valence-corrected chi connectivity index (χ4v) is 1.68. The van der Waals surface area contributed by atoms with Crippen molar-refractivity contribution in [2.24, 2.45) is 0 Å². The molecule has 0 unspecified atom stereocenters. The fraction of sp³-hybridized carbons (Fsp3) is 0.143. The molecule has 2 aromatic rings. The largest absolute Gasteiger partial charge is 0.486 e. The number of nitro benzene ring substituents is 1. The van der Waals surface area contributed by atoms with Gasteiger partial charge in [0, 0.05) is 12.1 Å². The number of rotatable bonds is 4. The summed E-state index contributed by atoms with van der Waals surface area (Å²) in [6, 6.07) is 11.9. The highest BCUT2D eigenvalue weighted by atomic mass is 19.1. The van der Waals surface area contributed by atoms with Gasteiger partial charge in [0.05, 0.1) is 4.92 Å². The smallest absolute Gasteiger partial charge is 0.269 e. The fourth-order valence-electron chi connectivity index (χ4n) is 1.68. The number of non-ortho nitro benzene ring substituents is 1. The molecule has 0 radical (unpaired) electrons. The predicted molar refractivity (Wildman–Crippen MR) is 68.5 cm³/mol. The maximum absolute atomic E-state index is 13.1. The molecule has 0 aliphatic carbocycles. The number of ether oxygens (including phenoxy) is 1. The number of nitrogens with zero attached hydrogens (tertiary/aromatic N) is 1. The van der Waals surface area contributed by atoms with Crippen LogP contribution in [0.3, 0.4) is 0 Å². The van der Waals surface area contributed by atoms with E-state index in [1.54, 1.807) is 19.1 Å². The molecule has 0 fully saturated rings. The van der Waals surface area contributed by atoms with Crippen LogP contribution in [-0.2, 0) is 0 Å². The Kier molecular flexibility index (Phi) is 3.75. The van der Waals surface area contributed by atoms with Crippen molar-refractivity contribution in [1.82, 2.24) is 0 Å². The van der Waals surface area contributed by atoms with E-state index < -0.39 is 4.92 Å². The van der Waals surface area contributed by atoms with E-state index in [9.17, 15) is 14.5 Å². The van der Waals surface area contributed by atoms with Crippen LogP contribution in [0.2, 0.25) is 0 Å². The molecule has 2 aromatic carbocycles. The molecule has 0 N–H and O–H groups in total. The quantitative estimate of drug-likeness (QED) is 0.620. The minimum Gasteiger partial charge on any atom is -0.486 e. The summed E-state index contributed by atoms with van der Waals surface area (Å²) in [7, 11) is 0. The molecule has 0 saturated carbocycles. The van der Waals surface area contributed by atoms with Gasteiger partial charge < -0.3 is 4.74 Å². The van der Waals surface area contributed by atoms with Gasteiger partial charge in [0.15, 0.2) is 0 Å². The minimum atomic E-state index is -0.472. The Bertz CT molecular complexity index is 583. The van der Waals surface area contributed by atoms with Crippen LogP contribution >= 0.6 is 0 Å². The zero-order valence-electron chi connectivity index (χ0n) is 10.2. The van der Waals surface area contributed by atoms with Crippen molar-refractivity contribution < 1.29 is 14.1 Å². The lowest BCUT2D eigenvalue weighted by Gasteiger charge is -2.14. The molecule has 0 aliphatic heterocycles. The Labute approximate surface area is 109 Å². The number of benzene rings is 2. The maximum Gasteiger partial charge on any atom is 0.269 e. The molecule has 0 saturated heterocycles.